The largest absolute Gasteiger partial charge is 0.507 e. The number of hydrogen-bond donors (Lipinski definition) is 1. The van der Waals surface area contributed by atoms with Crippen molar-refractivity contribution >= 4 is 0 Å². The van der Waals surface area contributed by atoms with Gasteiger partial charge in [-0.25, -0.2) is 0 Å². The van der Waals surface area contributed by atoms with Gasteiger partial charge in [0.25, 0.3) is 0 Å². The van der Waals surface area contributed by atoms with Crippen LogP contribution in [-0.2, 0) is 0 Å². The summed E-state index contributed by atoms with van der Waals surface area (Å²) in [5, 5.41) is 18.8. The third-order valence-corrected chi connectivity index (χ3v) is 2.85. The molecule has 0 saturated carbocycles. The molecular weight excluding hydrogens is 210 g/mol. The highest BCUT2D eigenvalue weighted by Crippen LogP contribution is 2.30. The molecule has 0 unspecified atom stereocenters. The summed E-state index contributed by atoms with van der Waals surface area (Å²) in [5.74, 6) is 0.322. The number of aryl methyl sites for hydroxylation is 2. The van der Waals surface area contributed by atoms with Crippen LogP contribution in [-0.4, -0.2) is 5.11 Å². The second-order valence-electron chi connectivity index (χ2n) is 4.12. The molecule has 17 heavy (non-hydrogen) atoms. The average molecular weight is 223 g/mol. The molecule has 2 rings (SSSR count). The molecule has 0 amide bonds. The molecule has 2 heteroatoms. The van der Waals surface area contributed by atoms with Gasteiger partial charge in [-0.2, -0.15) is 5.26 Å². The van der Waals surface area contributed by atoms with Gasteiger partial charge in [-0.3, -0.25) is 0 Å². The molecule has 0 aromatic heterocycles. The van der Waals surface area contributed by atoms with E-state index in [0.717, 1.165) is 22.3 Å². The number of phenols is 1. The molecule has 2 aromatic carbocycles. The van der Waals surface area contributed by atoms with Gasteiger partial charge in [-0.1, -0.05) is 18.2 Å². The molecule has 0 heterocycles. The standard InChI is InChI=1S/C15H13NO/c1-10-7-13(8-11(2)15(10)17)14-6-4-3-5-12(14)9-16/h3-8,17H,1-2H3. The lowest BCUT2D eigenvalue weighted by Gasteiger charge is -2.09. The number of phenolic OH excluding ortho intramolecular Hbond substituents is 1. The summed E-state index contributed by atoms with van der Waals surface area (Å²) in [6.07, 6.45) is 0. The maximum atomic E-state index is 9.74. The number of benzene rings is 2. The van der Waals surface area contributed by atoms with E-state index in [1.165, 1.54) is 0 Å². The highest BCUT2D eigenvalue weighted by Gasteiger charge is 2.08. The molecular formula is C15H13NO. The first-order chi connectivity index (χ1) is 8.13. The Morgan fingerprint density at radius 1 is 1.06 bits per heavy atom. The maximum Gasteiger partial charge on any atom is 0.121 e. The van der Waals surface area contributed by atoms with Gasteiger partial charge < -0.3 is 5.11 Å². The summed E-state index contributed by atoms with van der Waals surface area (Å²) in [6, 6.07) is 13.5. The fraction of sp³-hybridized carbons (Fsp3) is 0.133. The van der Waals surface area contributed by atoms with Crippen molar-refractivity contribution in [3.63, 3.8) is 0 Å². The normalized spacial score (nSPS) is 9.94. The Kier molecular flexibility index (Phi) is 2.84. The zero-order valence-electron chi connectivity index (χ0n) is 9.86. The second kappa shape index (κ2) is 4.31. The van der Waals surface area contributed by atoms with Crippen LogP contribution in [0, 0.1) is 25.2 Å². The van der Waals surface area contributed by atoms with Gasteiger partial charge in [0.1, 0.15) is 5.75 Å². The molecule has 0 saturated heterocycles. The van der Waals surface area contributed by atoms with Crippen LogP contribution in [0.25, 0.3) is 11.1 Å². The lowest BCUT2D eigenvalue weighted by atomic mass is 9.96. The summed E-state index contributed by atoms with van der Waals surface area (Å²) in [7, 11) is 0. The van der Waals surface area contributed by atoms with Crippen LogP contribution in [0.1, 0.15) is 16.7 Å². The Morgan fingerprint density at radius 2 is 1.65 bits per heavy atom. The number of hydrogen-bond acceptors (Lipinski definition) is 2. The van der Waals surface area contributed by atoms with Crippen LogP contribution in [0.3, 0.4) is 0 Å². The Morgan fingerprint density at radius 3 is 2.24 bits per heavy atom. The van der Waals surface area contributed by atoms with Crippen LogP contribution in [0.15, 0.2) is 36.4 Å². The molecule has 0 aliphatic heterocycles. The first-order valence-corrected chi connectivity index (χ1v) is 5.43. The second-order valence-corrected chi connectivity index (χ2v) is 4.12. The fourth-order valence-electron chi connectivity index (χ4n) is 1.94. The summed E-state index contributed by atoms with van der Waals surface area (Å²) in [5.41, 5.74) is 4.17. The molecule has 0 fully saturated rings. The Labute approximate surface area is 101 Å². The van der Waals surface area contributed by atoms with Crippen molar-refractivity contribution in [3.8, 4) is 22.9 Å². The van der Waals surface area contributed by atoms with Crippen molar-refractivity contribution in [3.05, 3.63) is 53.1 Å². The van der Waals surface area contributed by atoms with Gasteiger partial charge in [0.15, 0.2) is 0 Å². The average Bonchev–Trinajstić information content (AvgIpc) is 2.35. The fourth-order valence-corrected chi connectivity index (χ4v) is 1.94. The zero-order chi connectivity index (χ0) is 12.4. The Balaban J connectivity index is 2.66. The minimum atomic E-state index is 0.322. The van der Waals surface area contributed by atoms with E-state index in [-0.39, 0.29) is 0 Å². The van der Waals surface area contributed by atoms with Crippen LogP contribution in [0.5, 0.6) is 5.75 Å². The number of nitriles is 1. The predicted molar refractivity (Wildman–Crippen MR) is 67.7 cm³/mol. The maximum absolute atomic E-state index is 9.74. The summed E-state index contributed by atoms with van der Waals surface area (Å²) in [6.45, 7) is 3.72. The van der Waals surface area contributed by atoms with Crippen LogP contribution in [0.2, 0.25) is 0 Å². The van der Waals surface area contributed by atoms with Crippen molar-refractivity contribution in [2.24, 2.45) is 0 Å². The Bertz CT molecular complexity index is 586. The molecule has 84 valence electrons. The van der Waals surface area contributed by atoms with Crippen molar-refractivity contribution in [1.29, 1.82) is 5.26 Å². The molecule has 0 aliphatic carbocycles. The highest BCUT2D eigenvalue weighted by molar-refractivity contribution is 5.72. The third kappa shape index (κ3) is 2.00. The molecule has 0 radical (unpaired) electrons. The van der Waals surface area contributed by atoms with E-state index in [1.807, 2.05) is 44.2 Å². The van der Waals surface area contributed by atoms with E-state index >= 15 is 0 Å². The number of nitrogens with zero attached hydrogens (tertiary/aromatic N) is 1. The van der Waals surface area contributed by atoms with E-state index in [4.69, 9.17) is 5.26 Å². The zero-order valence-corrected chi connectivity index (χ0v) is 9.86. The first-order valence-electron chi connectivity index (χ1n) is 5.43. The molecule has 1 N–H and O–H groups in total. The van der Waals surface area contributed by atoms with Crippen molar-refractivity contribution in [1.82, 2.24) is 0 Å². The topological polar surface area (TPSA) is 44.0 Å². The highest BCUT2D eigenvalue weighted by atomic mass is 16.3. The smallest absolute Gasteiger partial charge is 0.121 e. The number of rotatable bonds is 1. The predicted octanol–water partition coefficient (Wildman–Crippen LogP) is 3.55. The summed E-state index contributed by atoms with van der Waals surface area (Å²) >= 11 is 0. The van der Waals surface area contributed by atoms with E-state index in [1.54, 1.807) is 6.07 Å². The van der Waals surface area contributed by atoms with E-state index in [2.05, 4.69) is 6.07 Å². The van der Waals surface area contributed by atoms with Crippen LogP contribution in [0.4, 0.5) is 0 Å². The molecule has 2 aromatic rings. The first kappa shape index (κ1) is 11.2. The van der Waals surface area contributed by atoms with Gasteiger partial charge >= 0.3 is 0 Å². The monoisotopic (exact) mass is 223 g/mol. The van der Waals surface area contributed by atoms with Crippen molar-refractivity contribution in [2.45, 2.75) is 13.8 Å². The van der Waals surface area contributed by atoms with Gasteiger partial charge in [-0.15, -0.1) is 0 Å². The molecule has 0 bridgehead atoms. The summed E-state index contributed by atoms with van der Waals surface area (Å²) in [4.78, 5) is 0. The van der Waals surface area contributed by atoms with E-state index in [9.17, 15) is 5.11 Å². The Hall–Kier alpha value is -2.27. The van der Waals surface area contributed by atoms with E-state index < -0.39 is 0 Å². The molecule has 0 atom stereocenters. The van der Waals surface area contributed by atoms with Gasteiger partial charge in [0.2, 0.25) is 0 Å². The SMILES string of the molecule is Cc1cc(-c2ccccc2C#N)cc(C)c1O. The molecule has 2 nitrogen and oxygen atoms in total. The van der Waals surface area contributed by atoms with Crippen molar-refractivity contribution in [2.75, 3.05) is 0 Å². The molecule has 0 aliphatic rings. The van der Waals surface area contributed by atoms with Gasteiger partial charge in [0.05, 0.1) is 11.6 Å². The van der Waals surface area contributed by atoms with Crippen LogP contribution < -0.4 is 0 Å². The minimum absolute atomic E-state index is 0.322. The van der Waals surface area contributed by atoms with Gasteiger partial charge in [-0.05, 0) is 54.3 Å². The lowest BCUT2D eigenvalue weighted by Crippen LogP contribution is -1.87. The van der Waals surface area contributed by atoms with E-state index in [0.29, 0.717) is 11.3 Å². The quantitative estimate of drug-likeness (QED) is 0.803. The van der Waals surface area contributed by atoms with Crippen LogP contribution >= 0.6 is 0 Å². The molecule has 0 spiro atoms. The third-order valence-electron chi connectivity index (χ3n) is 2.85. The van der Waals surface area contributed by atoms with Gasteiger partial charge in [0, 0.05) is 0 Å². The minimum Gasteiger partial charge on any atom is -0.507 e. The van der Waals surface area contributed by atoms with Crippen molar-refractivity contribution < 1.29 is 5.11 Å². The number of aromatic hydroxyl groups is 1. The lowest BCUT2D eigenvalue weighted by molar-refractivity contribution is 0.467. The summed E-state index contributed by atoms with van der Waals surface area (Å²) < 4.78 is 0.